The number of halogens is 2. The first-order valence-electron chi connectivity index (χ1n) is 4.82. The van der Waals surface area contributed by atoms with E-state index in [2.05, 4.69) is 20.9 Å². The lowest BCUT2D eigenvalue weighted by atomic mass is 10.3. The minimum Gasteiger partial charge on any atom is -0.435 e. The second-order valence-electron chi connectivity index (χ2n) is 3.19. The molecule has 0 fully saturated rings. The molecule has 0 radical (unpaired) electrons. The first kappa shape index (κ1) is 12.4. The molecular formula is C12H9BrFNOS. The SMILES string of the molecule is CSc1ccccc1Oc1ncc(Br)cc1F. The van der Waals surface area contributed by atoms with Crippen LogP contribution < -0.4 is 4.74 Å². The van der Waals surface area contributed by atoms with Crippen LogP contribution in [0, 0.1) is 5.82 Å². The van der Waals surface area contributed by atoms with Crippen LogP contribution in [0.3, 0.4) is 0 Å². The van der Waals surface area contributed by atoms with Gasteiger partial charge in [0.25, 0.3) is 5.88 Å². The molecule has 0 saturated heterocycles. The van der Waals surface area contributed by atoms with E-state index in [0.29, 0.717) is 10.2 Å². The van der Waals surface area contributed by atoms with Crippen molar-refractivity contribution in [2.24, 2.45) is 0 Å². The van der Waals surface area contributed by atoms with Crippen LogP contribution in [0.4, 0.5) is 4.39 Å². The van der Waals surface area contributed by atoms with Crippen molar-refractivity contribution in [3.63, 3.8) is 0 Å². The third-order valence-corrected chi connectivity index (χ3v) is 3.26. The first-order valence-corrected chi connectivity index (χ1v) is 6.84. The maximum absolute atomic E-state index is 13.5. The fourth-order valence-electron chi connectivity index (χ4n) is 1.28. The van der Waals surface area contributed by atoms with Gasteiger partial charge in [-0.15, -0.1) is 11.8 Å². The summed E-state index contributed by atoms with van der Waals surface area (Å²) >= 11 is 4.69. The van der Waals surface area contributed by atoms with E-state index < -0.39 is 5.82 Å². The summed E-state index contributed by atoms with van der Waals surface area (Å²) in [6.45, 7) is 0. The van der Waals surface area contributed by atoms with E-state index in [1.165, 1.54) is 24.0 Å². The maximum Gasteiger partial charge on any atom is 0.255 e. The third kappa shape index (κ3) is 2.98. The number of para-hydroxylation sites is 1. The number of rotatable bonds is 3. The second-order valence-corrected chi connectivity index (χ2v) is 4.96. The zero-order valence-corrected chi connectivity index (χ0v) is 11.4. The highest BCUT2D eigenvalue weighted by atomic mass is 79.9. The lowest BCUT2D eigenvalue weighted by molar-refractivity contribution is 0.414. The van der Waals surface area contributed by atoms with Crippen LogP contribution in [-0.2, 0) is 0 Å². The van der Waals surface area contributed by atoms with Crippen LogP contribution in [0.5, 0.6) is 11.6 Å². The average Bonchev–Trinajstić information content (AvgIpc) is 2.33. The average molecular weight is 314 g/mol. The quantitative estimate of drug-likeness (QED) is 0.779. The Labute approximate surface area is 111 Å². The van der Waals surface area contributed by atoms with Gasteiger partial charge in [-0.25, -0.2) is 9.37 Å². The van der Waals surface area contributed by atoms with Gasteiger partial charge in [-0.1, -0.05) is 12.1 Å². The van der Waals surface area contributed by atoms with Gasteiger partial charge in [-0.05, 0) is 40.4 Å². The minimum atomic E-state index is -0.490. The van der Waals surface area contributed by atoms with Gasteiger partial charge in [-0.2, -0.15) is 0 Å². The molecule has 2 rings (SSSR count). The molecule has 0 aliphatic heterocycles. The smallest absolute Gasteiger partial charge is 0.255 e. The number of hydrogen-bond donors (Lipinski definition) is 0. The van der Waals surface area contributed by atoms with Gasteiger partial charge in [0.05, 0.1) is 0 Å². The zero-order valence-electron chi connectivity index (χ0n) is 8.98. The van der Waals surface area contributed by atoms with Crippen molar-refractivity contribution >= 4 is 27.7 Å². The number of aromatic nitrogens is 1. The Hall–Kier alpha value is -1.07. The van der Waals surface area contributed by atoms with Gasteiger partial charge in [0, 0.05) is 15.6 Å². The van der Waals surface area contributed by atoms with Crippen molar-refractivity contribution in [1.29, 1.82) is 0 Å². The van der Waals surface area contributed by atoms with Crippen LogP contribution in [0.1, 0.15) is 0 Å². The van der Waals surface area contributed by atoms with Crippen LogP contribution in [0.2, 0.25) is 0 Å². The molecule has 1 aromatic carbocycles. The topological polar surface area (TPSA) is 22.1 Å². The summed E-state index contributed by atoms with van der Waals surface area (Å²) in [5.74, 6) is 0.0960. The molecule has 0 amide bonds. The lowest BCUT2D eigenvalue weighted by Gasteiger charge is -2.08. The van der Waals surface area contributed by atoms with Crippen molar-refractivity contribution in [3.05, 3.63) is 46.8 Å². The standard InChI is InChI=1S/C12H9BrFNOS/c1-17-11-5-3-2-4-10(11)16-12-9(14)6-8(13)7-15-12/h2-7H,1H3. The summed E-state index contributed by atoms with van der Waals surface area (Å²) in [5, 5.41) is 0. The number of hydrogen-bond acceptors (Lipinski definition) is 3. The van der Waals surface area contributed by atoms with Gasteiger partial charge in [0.2, 0.25) is 0 Å². The van der Waals surface area contributed by atoms with Crippen molar-refractivity contribution in [2.45, 2.75) is 4.90 Å². The molecule has 0 N–H and O–H groups in total. The van der Waals surface area contributed by atoms with E-state index in [-0.39, 0.29) is 5.88 Å². The number of pyridine rings is 1. The summed E-state index contributed by atoms with van der Waals surface area (Å²) in [6, 6.07) is 8.77. The highest BCUT2D eigenvalue weighted by molar-refractivity contribution is 9.10. The van der Waals surface area contributed by atoms with E-state index in [1.54, 1.807) is 6.07 Å². The molecule has 0 spiro atoms. The fraction of sp³-hybridized carbons (Fsp3) is 0.0833. The Kier molecular flexibility index (Phi) is 4.02. The molecule has 2 aromatic rings. The lowest BCUT2D eigenvalue weighted by Crippen LogP contribution is -1.93. The summed E-state index contributed by atoms with van der Waals surface area (Å²) in [7, 11) is 0. The Balaban J connectivity index is 2.31. The third-order valence-electron chi connectivity index (χ3n) is 2.05. The molecule has 17 heavy (non-hydrogen) atoms. The summed E-state index contributed by atoms with van der Waals surface area (Å²) < 4.78 is 19.6. The van der Waals surface area contributed by atoms with Gasteiger partial charge in [-0.3, -0.25) is 0 Å². The molecule has 88 valence electrons. The normalized spacial score (nSPS) is 10.3. The number of nitrogens with zero attached hydrogens (tertiary/aromatic N) is 1. The maximum atomic E-state index is 13.5. The molecule has 1 aromatic heterocycles. The molecule has 1 heterocycles. The van der Waals surface area contributed by atoms with Gasteiger partial charge >= 0.3 is 0 Å². The van der Waals surface area contributed by atoms with Crippen molar-refractivity contribution < 1.29 is 9.13 Å². The Morgan fingerprint density at radius 2 is 2.12 bits per heavy atom. The second kappa shape index (κ2) is 5.51. The molecule has 0 unspecified atom stereocenters. The molecular weight excluding hydrogens is 305 g/mol. The Bertz CT molecular complexity index is 536. The van der Waals surface area contributed by atoms with Crippen LogP contribution in [0.15, 0.2) is 45.9 Å². The van der Waals surface area contributed by atoms with Gasteiger partial charge in [0.1, 0.15) is 5.75 Å². The summed E-state index contributed by atoms with van der Waals surface area (Å²) in [4.78, 5) is 4.84. The largest absolute Gasteiger partial charge is 0.435 e. The number of thioether (sulfide) groups is 1. The summed E-state index contributed by atoms with van der Waals surface area (Å²) in [5.41, 5.74) is 0. The highest BCUT2D eigenvalue weighted by Gasteiger charge is 2.09. The van der Waals surface area contributed by atoms with E-state index >= 15 is 0 Å². The van der Waals surface area contributed by atoms with Crippen molar-refractivity contribution in [1.82, 2.24) is 4.98 Å². The summed E-state index contributed by atoms with van der Waals surface area (Å²) in [6.07, 6.45) is 3.44. The molecule has 0 bridgehead atoms. The Morgan fingerprint density at radius 1 is 1.35 bits per heavy atom. The minimum absolute atomic E-state index is 0.0188. The van der Waals surface area contributed by atoms with Crippen LogP contribution >= 0.6 is 27.7 Å². The van der Waals surface area contributed by atoms with E-state index in [9.17, 15) is 4.39 Å². The predicted molar refractivity (Wildman–Crippen MR) is 70.2 cm³/mol. The molecule has 0 saturated carbocycles. The van der Waals surface area contributed by atoms with Gasteiger partial charge < -0.3 is 4.74 Å². The van der Waals surface area contributed by atoms with Crippen LogP contribution in [-0.4, -0.2) is 11.2 Å². The van der Waals surface area contributed by atoms with E-state index in [0.717, 1.165) is 4.90 Å². The zero-order chi connectivity index (χ0) is 12.3. The monoisotopic (exact) mass is 313 g/mol. The number of ether oxygens (including phenoxy) is 1. The van der Waals surface area contributed by atoms with E-state index in [1.807, 2.05) is 24.5 Å². The molecule has 5 heteroatoms. The fourth-order valence-corrected chi connectivity index (χ4v) is 2.11. The van der Waals surface area contributed by atoms with E-state index in [4.69, 9.17) is 4.74 Å². The Morgan fingerprint density at radius 3 is 2.82 bits per heavy atom. The van der Waals surface area contributed by atoms with Crippen molar-refractivity contribution in [3.8, 4) is 11.6 Å². The van der Waals surface area contributed by atoms with Crippen LogP contribution in [0.25, 0.3) is 0 Å². The van der Waals surface area contributed by atoms with Gasteiger partial charge in [0.15, 0.2) is 5.82 Å². The number of benzene rings is 1. The predicted octanol–water partition coefficient (Wildman–Crippen LogP) is 4.50. The molecule has 0 atom stereocenters. The first-order chi connectivity index (χ1) is 8.20. The molecule has 0 aliphatic carbocycles. The molecule has 2 nitrogen and oxygen atoms in total. The highest BCUT2D eigenvalue weighted by Crippen LogP contribution is 2.31. The van der Waals surface area contributed by atoms with Crippen molar-refractivity contribution in [2.75, 3.05) is 6.26 Å². The molecule has 0 aliphatic rings.